The first-order chi connectivity index (χ1) is 13.1. The van der Waals surface area contributed by atoms with Gasteiger partial charge in [0, 0.05) is 11.6 Å². The molecule has 8 heteroatoms. The maximum atomic E-state index is 12.1. The molecule has 0 atom stereocenters. The Labute approximate surface area is 161 Å². The SMILES string of the molecule is COc1ccc(/C(C)=N\NC(=O)CNc2nc3ccccc3s2)c(OC)c1. The number of ether oxygens (including phenoxy) is 2. The van der Waals surface area contributed by atoms with Crippen molar-refractivity contribution in [3.63, 3.8) is 0 Å². The lowest BCUT2D eigenvalue weighted by Crippen LogP contribution is -2.26. The molecule has 1 amide bonds. The summed E-state index contributed by atoms with van der Waals surface area (Å²) in [5, 5.41) is 7.87. The van der Waals surface area contributed by atoms with Crippen LogP contribution in [0.1, 0.15) is 12.5 Å². The number of thiazole rings is 1. The molecule has 0 saturated heterocycles. The highest BCUT2D eigenvalue weighted by Gasteiger charge is 2.09. The van der Waals surface area contributed by atoms with E-state index in [4.69, 9.17) is 9.47 Å². The normalized spacial score (nSPS) is 11.3. The van der Waals surface area contributed by atoms with Gasteiger partial charge in [0.1, 0.15) is 11.5 Å². The summed E-state index contributed by atoms with van der Waals surface area (Å²) in [6.07, 6.45) is 0. The summed E-state index contributed by atoms with van der Waals surface area (Å²) < 4.78 is 11.6. The number of amides is 1. The van der Waals surface area contributed by atoms with Gasteiger partial charge in [-0.2, -0.15) is 5.10 Å². The van der Waals surface area contributed by atoms with Crippen LogP contribution in [0.3, 0.4) is 0 Å². The number of carbonyl (C=O) groups excluding carboxylic acids is 1. The van der Waals surface area contributed by atoms with Crippen LogP contribution in [0.2, 0.25) is 0 Å². The zero-order valence-corrected chi connectivity index (χ0v) is 16.1. The van der Waals surface area contributed by atoms with E-state index in [1.165, 1.54) is 11.3 Å². The highest BCUT2D eigenvalue weighted by molar-refractivity contribution is 7.22. The third-order valence-corrected chi connectivity index (χ3v) is 4.83. The van der Waals surface area contributed by atoms with Crippen LogP contribution in [0, 0.1) is 0 Å². The molecule has 0 bridgehead atoms. The van der Waals surface area contributed by atoms with E-state index in [0.717, 1.165) is 15.8 Å². The van der Waals surface area contributed by atoms with Crippen molar-refractivity contribution in [3.05, 3.63) is 48.0 Å². The number of nitrogens with zero attached hydrogens (tertiary/aromatic N) is 2. The summed E-state index contributed by atoms with van der Waals surface area (Å²) in [5.41, 5.74) is 4.85. The van der Waals surface area contributed by atoms with Crippen molar-refractivity contribution < 1.29 is 14.3 Å². The smallest absolute Gasteiger partial charge is 0.259 e. The fourth-order valence-corrected chi connectivity index (χ4v) is 3.31. The molecular formula is C19H20N4O3S. The molecule has 0 spiro atoms. The number of methoxy groups -OCH3 is 2. The molecule has 1 aromatic heterocycles. The largest absolute Gasteiger partial charge is 0.497 e. The number of carbonyl (C=O) groups is 1. The Morgan fingerprint density at radius 3 is 2.74 bits per heavy atom. The summed E-state index contributed by atoms with van der Waals surface area (Å²) in [7, 11) is 3.17. The molecule has 2 N–H and O–H groups in total. The number of aromatic nitrogens is 1. The fraction of sp³-hybridized carbons (Fsp3) is 0.211. The van der Waals surface area contributed by atoms with E-state index in [-0.39, 0.29) is 12.5 Å². The quantitative estimate of drug-likeness (QED) is 0.482. The van der Waals surface area contributed by atoms with Crippen LogP contribution in [0.25, 0.3) is 10.2 Å². The first kappa shape index (κ1) is 18.7. The minimum Gasteiger partial charge on any atom is -0.497 e. The molecule has 140 valence electrons. The maximum absolute atomic E-state index is 12.1. The van der Waals surface area contributed by atoms with Crippen molar-refractivity contribution in [3.8, 4) is 11.5 Å². The molecule has 0 aliphatic carbocycles. The van der Waals surface area contributed by atoms with Gasteiger partial charge in [-0.05, 0) is 31.2 Å². The number of benzene rings is 2. The van der Waals surface area contributed by atoms with E-state index < -0.39 is 0 Å². The van der Waals surface area contributed by atoms with Gasteiger partial charge in [-0.25, -0.2) is 10.4 Å². The monoisotopic (exact) mass is 384 g/mol. The van der Waals surface area contributed by atoms with Gasteiger partial charge in [-0.3, -0.25) is 4.79 Å². The molecule has 0 fully saturated rings. The van der Waals surface area contributed by atoms with E-state index in [0.29, 0.717) is 22.3 Å². The van der Waals surface area contributed by atoms with Gasteiger partial charge >= 0.3 is 0 Å². The van der Waals surface area contributed by atoms with Crippen LogP contribution >= 0.6 is 11.3 Å². The molecule has 2 aromatic carbocycles. The molecule has 0 aliphatic rings. The average Bonchev–Trinajstić information content (AvgIpc) is 3.12. The molecule has 0 unspecified atom stereocenters. The number of hydrogen-bond donors (Lipinski definition) is 2. The van der Waals surface area contributed by atoms with Gasteiger partial charge in [0.15, 0.2) is 5.13 Å². The Morgan fingerprint density at radius 1 is 1.19 bits per heavy atom. The Hall–Kier alpha value is -3.13. The number of anilines is 1. The van der Waals surface area contributed by atoms with E-state index in [2.05, 4.69) is 20.8 Å². The molecule has 1 heterocycles. The summed E-state index contributed by atoms with van der Waals surface area (Å²) >= 11 is 1.50. The topological polar surface area (TPSA) is 84.8 Å². The second-order valence-corrected chi connectivity index (χ2v) is 6.67. The second kappa shape index (κ2) is 8.50. The van der Waals surface area contributed by atoms with Crippen LogP contribution in [0.15, 0.2) is 47.6 Å². The lowest BCUT2D eigenvalue weighted by molar-refractivity contribution is -0.119. The summed E-state index contributed by atoms with van der Waals surface area (Å²) in [6.45, 7) is 1.88. The highest BCUT2D eigenvalue weighted by Crippen LogP contribution is 2.26. The van der Waals surface area contributed by atoms with Crippen molar-refractivity contribution in [1.29, 1.82) is 0 Å². The number of hydrogen-bond acceptors (Lipinski definition) is 7. The number of nitrogens with one attached hydrogen (secondary N) is 2. The third-order valence-electron chi connectivity index (χ3n) is 3.84. The average molecular weight is 384 g/mol. The zero-order valence-electron chi connectivity index (χ0n) is 15.3. The molecule has 7 nitrogen and oxygen atoms in total. The Kier molecular flexibility index (Phi) is 5.87. The summed E-state index contributed by atoms with van der Waals surface area (Å²) in [5.74, 6) is 1.05. The minimum atomic E-state index is -0.263. The van der Waals surface area contributed by atoms with Crippen molar-refractivity contribution >= 4 is 38.3 Å². The summed E-state index contributed by atoms with van der Waals surface area (Å²) in [4.78, 5) is 16.5. The highest BCUT2D eigenvalue weighted by atomic mass is 32.1. The van der Waals surface area contributed by atoms with Gasteiger partial charge in [0.25, 0.3) is 5.91 Å². The van der Waals surface area contributed by atoms with Crippen molar-refractivity contribution in [2.45, 2.75) is 6.92 Å². The van der Waals surface area contributed by atoms with Gasteiger partial charge in [0.05, 0.1) is 36.7 Å². The Morgan fingerprint density at radius 2 is 2.00 bits per heavy atom. The molecule has 0 saturated carbocycles. The Bertz CT molecular complexity index is 951. The maximum Gasteiger partial charge on any atom is 0.259 e. The first-order valence-electron chi connectivity index (χ1n) is 8.25. The van der Waals surface area contributed by atoms with E-state index >= 15 is 0 Å². The molecule has 3 aromatic rings. The minimum absolute atomic E-state index is 0.0797. The summed E-state index contributed by atoms with van der Waals surface area (Å²) in [6, 6.07) is 13.2. The molecule has 0 radical (unpaired) electrons. The van der Waals surface area contributed by atoms with E-state index in [1.54, 1.807) is 27.2 Å². The molecule has 3 rings (SSSR count). The van der Waals surface area contributed by atoms with Crippen molar-refractivity contribution in [2.75, 3.05) is 26.1 Å². The van der Waals surface area contributed by atoms with Crippen LogP contribution in [0.5, 0.6) is 11.5 Å². The van der Waals surface area contributed by atoms with Crippen molar-refractivity contribution in [1.82, 2.24) is 10.4 Å². The number of fused-ring (bicyclic) bond motifs is 1. The standard InChI is InChI=1S/C19H20N4O3S/c1-12(14-9-8-13(25-2)10-16(14)26-3)22-23-18(24)11-20-19-21-15-6-4-5-7-17(15)27-19/h4-10H,11H2,1-3H3,(H,20,21)(H,23,24)/b22-12-. The molecular weight excluding hydrogens is 364 g/mol. The van der Waals surface area contributed by atoms with Crippen LogP contribution in [-0.2, 0) is 4.79 Å². The van der Waals surface area contributed by atoms with Crippen LogP contribution in [-0.4, -0.2) is 37.4 Å². The van der Waals surface area contributed by atoms with Crippen LogP contribution in [0.4, 0.5) is 5.13 Å². The number of para-hydroxylation sites is 1. The molecule has 27 heavy (non-hydrogen) atoms. The van der Waals surface area contributed by atoms with E-state index in [9.17, 15) is 4.79 Å². The number of hydrazone groups is 1. The van der Waals surface area contributed by atoms with Gasteiger partial charge in [-0.1, -0.05) is 23.5 Å². The van der Waals surface area contributed by atoms with Gasteiger partial charge in [-0.15, -0.1) is 0 Å². The molecule has 0 aliphatic heterocycles. The van der Waals surface area contributed by atoms with Gasteiger partial charge in [0.2, 0.25) is 0 Å². The van der Waals surface area contributed by atoms with Crippen molar-refractivity contribution in [2.24, 2.45) is 5.10 Å². The zero-order chi connectivity index (χ0) is 19.2. The third kappa shape index (κ3) is 4.53. The second-order valence-electron chi connectivity index (χ2n) is 5.64. The van der Waals surface area contributed by atoms with Gasteiger partial charge < -0.3 is 14.8 Å². The predicted octanol–water partition coefficient (Wildman–Crippen LogP) is 3.27. The Balaban J connectivity index is 1.60. The van der Waals surface area contributed by atoms with E-state index in [1.807, 2.05) is 36.4 Å². The lowest BCUT2D eigenvalue weighted by atomic mass is 10.1. The number of rotatable bonds is 7. The fourth-order valence-electron chi connectivity index (χ4n) is 2.45. The van der Waals surface area contributed by atoms with Crippen LogP contribution < -0.4 is 20.2 Å². The predicted molar refractivity (Wildman–Crippen MR) is 108 cm³/mol. The first-order valence-corrected chi connectivity index (χ1v) is 9.07. The lowest BCUT2D eigenvalue weighted by Gasteiger charge is -2.10.